The number of nitrogens with one attached hydrogen (secondary N) is 1. The second-order valence-corrected chi connectivity index (χ2v) is 7.86. The van der Waals surface area contributed by atoms with Gasteiger partial charge >= 0.3 is 0 Å². The molecule has 0 spiro atoms. The molecule has 134 valence electrons. The molecule has 0 bridgehead atoms. The minimum absolute atomic E-state index is 0.545. The van der Waals surface area contributed by atoms with Crippen LogP contribution in [0.15, 0.2) is 45.5 Å². The van der Waals surface area contributed by atoms with Crippen molar-refractivity contribution in [1.29, 1.82) is 0 Å². The van der Waals surface area contributed by atoms with Crippen LogP contribution < -0.4 is 15.0 Å². The van der Waals surface area contributed by atoms with Crippen molar-refractivity contribution in [3.63, 3.8) is 0 Å². The van der Waals surface area contributed by atoms with Crippen molar-refractivity contribution in [3.05, 3.63) is 51.0 Å². The number of halogens is 2. The molecule has 0 aliphatic carbocycles. The molecule has 1 N–H and O–H groups in total. The van der Waals surface area contributed by atoms with Crippen molar-refractivity contribution in [2.24, 2.45) is 0 Å². The van der Waals surface area contributed by atoms with E-state index in [4.69, 9.17) is 4.74 Å². The van der Waals surface area contributed by atoms with Gasteiger partial charge in [0.05, 0.1) is 15.6 Å². The summed E-state index contributed by atoms with van der Waals surface area (Å²) in [4.78, 5) is 6.81. The zero-order valence-corrected chi connectivity index (χ0v) is 17.5. The molecule has 0 unspecified atom stereocenters. The molecule has 1 aliphatic rings. The molecule has 3 rings (SSSR count). The fraction of sp³-hybridized carbons (Fsp3) is 0.421. The Morgan fingerprint density at radius 3 is 2.52 bits per heavy atom. The molecule has 0 radical (unpaired) electrons. The van der Waals surface area contributed by atoms with E-state index in [9.17, 15) is 0 Å². The van der Waals surface area contributed by atoms with Crippen molar-refractivity contribution in [2.45, 2.75) is 32.4 Å². The van der Waals surface area contributed by atoms with Crippen LogP contribution in [-0.2, 0) is 6.54 Å². The van der Waals surface area contributed by atoms with Gasteiger partial charge in [-0.3, -0.25) is 0 Å². The molecule has 2 heterocycles. The summed E-state index contributed by atoms with van der Waals surface area (Å²) >= 11 is 7.20. The molecule has 0 saturated carbocycles. The second kappa shape index (κ2) is 9.01. The molecule has 1 aromatic heterocycles. The maximum atomic E-state index is 5.65. The van der Waals surface area contributed by atoms with Gasteiger partial charge in [-0.2, -0.15) is 0 Å². The van der Waals surface area contributed by atoms with E-state index in [1.54, 1.807) is 0 Å². The van der Waals surface area contributed by atoms with Crippen LogP contribution in [0.4, 0.5) is 5.82 Å². The average molecular weight is 469 g/mol. The Morgan fingerprint density at radius 1 is 1.20 bits per heavy atom. The first-order chi connectivity index (χ1) is 12.2. The monoisotopic (exact) mass is 467 g/mol. The van der Waals surface area contributed by atoms with Crippen LogP contribution in [0.2, 0.25) is 0 Å². The predicted molar refractivity (Wildman–Crippen MR) is 109 cm³/mol. The molecule has 1 fully saturated rings. The fourth-order valence-corrected chi connectivity index (χ4v) is 4.62. The summed E-state index contributed by atoms with van der Waals surface area (Å²) in [5.41, 5.74) is 1.24. The number of hydrogen-bond donors (Lipinski definition) is 1. The normalized spacial score (nSPS) is 15.4. The van der Waals surface area contributed by atoms with Crippen molar-refractivity contribution in [3.8, 4) is 5.75 Å². The van der Waals surface area contributed by atoms with Crippen molar-refractivity contribution in [2.75, 3.05) is 24.6 Å². The molecule has 1 aromatic carbocycles. The standard InChI is InChI=1S/C19H23Br2N3O/c1-2-25-19-16(20)11-14(12-17(19)21)13-23-15-6-9-24(10-7-15)18-5-3-4-8-22-18/h3-5,8,11-12,15,23H,2,6-7,9-10,13H2,1H3. The van der Waals surface area contributed by atoms with Crippen LogP contribution in [0.5, 0.6) is 5.75 Å². The van der Waals surface area contributed by atoms with Gasteiger partial charge in [-0.05, 0) is 81.5 Å². The molecular formula is C19H23Br2N3O. The highest BCUT2D eigenvalue weighted by atomic mass is 79.9. The minimum atomic E-state index is 0.545. The van der Waals surface area contributed by atoms with Crippen molar-refractivity contribution < 1.29 is 4.74 Å². The number of rotatable bonds is 6. The van der Waals surface area contributed by atoms with E-state index in [-0.39, 0.29) is 0 Å². The lowest BCUT2D eigenvalue weighted by molar-refractivity contribution is 0.335. The molecule has 0 amide bonds. The Hall–Kier alpha value is -1.11. The highest BCUT2D eigenvalue weighted by Crippen LogP contribution is 2.34. The van der Waals surface area contributed by atoms with E-state index in [1.807, 2.05) is 25.3 Å². The summed E-state index contributed by atoms with van der Waals surface area (Å²) in [6.07, 6.45) is 4.13. The molecule has 0 atom stereocenters. The number of piperidine rings is 1. The number of hydrogen-bond acceptors (Lipinski definition) is 4. The second-order valence-electron chi connectivity index (χ2n) is 6.15. The van der Waals surface area contributed by atoms with E-state index in [0.29, 0.717) is 12.6 Å². The highest BCUT2D eigenvalue weighted by molar-refractivity contribution is 9.11. The number of benzene rings is 1. The number of pyridine rings is 1. The van der Waals surface area contributed by atoms with E-state index in [2.05, 4.69) is 65.3 Å². The molecule has 1 aliphatic heterocycles. The third-order valence-corrected chi connectivity index (χ3v) is 5.59. The molecule has 1 saturated heterocycles. The average Bonchev–Trinajstić information content (AvgIpc) is 2.64. The first-order valence-electron chi connectivity index (χ1n) is 8.67. The van der Waals surface area contributed by atoms with Gasteiger partial charge in [0.25, 0.3) is 0 Å². The SMILES string of the molecule is CCOc1c(Br)cc(CNC2CCN(c3ccccn3)CC2)cc1Br. The van der Waals surface area contributed by atoms with Gasteiger partial charge in [0, 0.05) is 31.9 Å². The van der Waals surface area contributed by atoms with Crippen molar-refractivity contribution >= 4 is 37.7 Å². The maximum Gasteiger partial charge on any atom is 0.147 e. The Bertz CT molecular complexity index is 665. The maximum absolute atomic E-state index is 5.65. The predicted octanol–water partition coefficient (Wildman–Crippen LogP) is 4.76. The number of ether oxygens (including phenoxy) is 1. The Kier molecular flexibility index (Phi) is 6.73. The van der Waals surface area contributed by atoms with Gasteiger partial charge in [-0.15, -0.1) is 0 Å². The highest BCUT2D eigenvalue weighted by Gasteiger charge is 2.19. The summed E-state index contributed by atoms with van der Waals surface area (Å²) in [6.45, 7) is 5.60. The van der Waals surface area contributed by atoms with Crippen molar-refractivity contribution in [1.82, 2.24) is 10.3 Å². The molecule has 25 heavy (non-hydrogen) atoms. The van der Waals surface area contributed by atoms with Gasteiger partial charge in [0.2, 0.25) is 0 Å². The van der Waals surface area contributed by atoms with Crippen LogP contribution in [0.1, 0.15) is 25.3 Å². The van der Waals surface area contributed by atoms with E-state index in [1.165, 1.54) is 5.56 Å². The number of nitrogens with zero attached hydrogens (tertiary/aromatic N) is 2. The van der Waals surface area contributed by atoms with Crippen LogP contribution in [-0.4, -0.2) is 30.7 Å². The summed E-state index contributed by atoms with van der Waals surface area (Å²) in [6, 6.07) is 10.9. The summed E-state index contributed by atoms with van der Waals surface area (Å²) < 4.78 is 7.63. The summed E-state index contributed by atoms with van der Waals surface area (Å²) in [5.74, 6) is 1.95. The number of aromatic nitrogens is 1. The summed E-state index contributed by atoms with van der Waals surface area (Å²) in [5, 5.41) is 3.69. The first kappa shape index (κ1) is 18.7. The first-order valence-corrected chi connectivity index (χ1v) is 10.3. The van der Waals surface area contributed by atoms with Gasteiger partial charge in [0.1, 0.15) is 11.6 Å². The van der Waals surface area contributed by atoms with E-state index >= 15 is 0 Å². The Labute approximate surface area is 166 Å². The molecular weight excluding hydrogens is 446 g/mol. The Morgan fingerprint density at radius 2 is 1.92 bits per heavy atom. The Balaban J connectivity index is 1.52. The van der Waals surface area contributed by atoms with Gasteiger partial charge < -0.3 is 15.0 Å². The minimum Gasteiger partial charge on any atom is -0.492 e. The van der Waals surface area contributed by atoms with Crippen LogP contribution in [0.3, 0.4) is 0 Å². The van der Waals surface area contributed by atoms with Crippen LogP contribution in [0.25, 0.3) is 0 Å². The number of anilines is 1. The molecule has 2 aromatic rings. The third-order valence-electron chi connectivity index (χ3n) is 4.41. The van der Waals surface area contributed by atoms with E-state index in [0.717, 1.165) is 53.0 Å². The van der Waals surface area contributed by atoms with Gasteiger partial charge in [0.15, 0.2) is 0 Å². The molecule has 6 heteroatoms. The zero-order chi connectivity index (χ0) is 17.6. The largest absolute Gasteiger partial charge is 0.492 e. The third kappa shape index (κ3) is 4.96. The smallest absolute Gasteiger partial charge is 0.147 e. The topological polar surface area (TPSA) is 37.4 Å². The lowest BCUT2D eigenvalue weighted by atomic mass is 10.0. The fourth-order valence-electron chi connectivity index (χ4n) is 3.11. The summed E-state index contributed by atoms with van der Waals surface area (Å²) in [7, 11) is 0. The lowest BCUT2D eigenvalue weighted by Crippen LogP contribution is -2.42. The van der Waals surface area contributed by atoms with Gasteiger partial charge in [-0.1, -0.05) is 6.07 Å². The lowest BCUT2D eigenvalue weighted by Gasteiger charge is -2.33. The molecule has 4 nitrogen and oxygen atoms in total. The van der Waals surface area contributed by atoms with Gasteiger partial charge in [-0.25, -0.2) is 4.98 Å². The van der Waals surface area contributed by atoms with Crippen LogP contribution in [0, 0.1) is 0 Å². The quantitative estimate of drug-likeness (QED) is 0.662. The zero-order valence-electron chi connectivity index (χ0n) is 14.3. The van der Waals surface area contributed by atoms with Crippen LogP contribution >= 0.6 is 31.9 Å². The van der Waals surface area contributed by atoms with E-state index < -0.39 is 0 Å².